The Hall–Kier alpha value is -2.18. The van der Waals surface area contributed by atoms with Gasteiger partial charge in [0.05, 0.1) is 6.04 Å². The summed E-state index contributed by atoms with van der Waals surface area (Å²) in [6.45, 7) is 1.31. The average molecular weight is 321 g/mol. The lowest BCUT2D eigenvalue weighted by atomic mass is 10.2. The molecule has 2 atom stereocenters. The van der Waals surface area contributed by atoms with E-state index in [0.29, 0.717) is 25.9 Å². The van der Waals surface area contributed by atoms with Gasteiger partial charge in [0.2, 0.25) is 0 Å². The quantitative estimate of drug-likeness (QED) is 0.782. The molecule has 0 aromatic heterocycles. The van der Waals surface area contributed by atoms with Crippen molar-refractivity contribution in [3.8, 4) is 0 Å². The normalized spacial score (nSPS) is 27.3. The molecule has 7 heteroatoms. The number of hydrogen-bond acceptors (Lipinski definition) is 3. The molecule has 1 aromatic carbocycles. The second-order valence-corrected chi connectivity index (χ2v) is 6.30. The molecule has 0 aliphatic carbocycles. The first-order valence-electron chi connectivity index (χ1n) is 7.90. The first kappa shape index (κ1) is 14.4. The van der Waals surface area contributed by atoms with Crippen molar-refractivity contribution >= 4 is 17.6 Å². The van der Waals surface area contributed by atoms with Crippen LogP contribution in [0.1, 0.15) is 19.3 Å². The van der Waals surface area contributed by atoms with Crippen molar-refractivity contribution in [3.05, 3.63) is 29.8 Å². The summed E-state index contributed by atoms with van der Waals surface area (Å²) in [6.07, 6.45) is 2.10. The van der Waals surface area contributed by atoms with Gasteiger partial charge < -0.3 is 9.80 Å². The summed E-state index contributed by atoms with van der Waals surface area (Å²) in [5.41, 5.74) is -0.0744. The van der Waals surface area contributed by atoms with Gasteiger partial charge in [-0.15, -0.1) is 0 Å². The van der Waals surface area contributed by atoms with Gasteiger partial charge in [0.1, 0.15) is 23.4 Å². The number of imide groups is 1. The predicted molar refractivity (Wildman–Crippen MR) is 78.9 cm³/mol. The molecule has 1 unspecified atom stereocenters. The maximum Gasteiger partial charge on any atom is 0.327 e. The van der Waals surface area contributed by atoms with Crippen LogP contribution in [-0.2, 0) is 4.79 Å². The van der Waals surface area contributed by atoms with Gasteiger partial charge in [0.25, 0.3) is 5.91 Å². The second-order valence-electron chi connectivity index (χ2n) is 6.30. The molecule has 3 aliphatic rings. The Morgan fingerprint density at radius 3 is 2.48 bits per heavy atom. The van der Waals surface area contributed by atoms with Gasteiger partial charge in [-0.3, -0.25) is 9.69 Å². The molecule has 1 aromatic rings. The van der Waals surface area contributed by atoms with Gasteiger partial charge in [-0.1, -0.05) is 6.07 Å². The number of carbonyl (C=O) groups is 2. The summed E-state index contributed by atoms with van der Waals surface area (Å²) in [5, 5.41) is 0. The van der Waals surface area contributed by atoms with Crippen molar-refractivity contribution in [2.45, 2.75) is 31.3 Å². The Bertz CT molecular complexity index is 639. The standard InChI is InChI=1S/C16H17F2N3O2/c17-11-3-1-4-12(18)14(11)19-8-6-10(9-19)21-15(22)13-5-2-7-20(13)16(21)23/h1,3-4,10,13H,2,5-9H2/t10?,13-/m0/s1. The highest BCUT2D eigenvalue weighted by molar-refractivity contribution is 6.05. The lowest BCUT2D eigenvalue weighted by Gasteiger charge is -2.24. The fourth-order valence-corrected chi connectivity index (χ4v) is 3.93. The third kappa shape index (κ3) is 2.09. The zero-order chi connectivity index (χ0) is 16.1. The molecule has 3 fully saturated rings. The van der Waals surface area contributed by atoms with E-state index in [2.05, 4.69) is 0 Å². The van der Waals surface area contributed by atoms with Crippen LogP contribution < -0.4 is 4.90 Å². The molecule has 0 spiro atoms. The van der Waals surface area contributed by atoms with E-state index in [1.807, 2.05) is 0 Å². The molecule has 3 amide bonds. The predicted octanol–water partition coefficient (Wildman–Crippen LogP) is 1.97. The molecule has 0 bridgehead atoms. The van der Waals surface area contributed by atoms with Gasteiger partial charge in [0, 0.05) is 19.6 Å². The number of para-hydroxylation sites is 1. The number of anilines is 1. The first-order chi connectivity index (χ1) is 11.1. The third-order valence-electron chi connectivity index (χ3n) is 5.01. The number of amides is 3. The van der Waals surface area contributed by atoms with E-state index >= 15 is 0 Å². The van der Waals surface area contributed by atoms with E-state index in [-0.39, 0.29) is 36.3 Å². The zero-order valence-electron chi connectivity index (χ0n) is 12.5. The Morgan fingerprint density at radius 1 is 1.04 bits per heavy atom. The van der Waals surface area contributed by atoms with Crippen LogP contribution in [0.15, 0.2) is 18.2 Å². The summed E-state index contributed by atoms with van der Waals surface area (Å²) in [5.74, 6) is -1.40. The summed E-state index contributed by atoms with van der Waals surface area (Å²) in [4.78, 5) is 29.4. The maximum absolute atomic E-state index is 13.9. The van der Waals surface area contributed by atoms with E-state index in [4.69, 9.17) is 0 Å². The molecule has 0 saturated carbocycles. The van der Waals surface area contributed by atoms with E-state index in [1.165, 1.54) is 23.1 Å². The molecular weight excluding hydrogens is 304 g/mol. The van der Waals surface area contributed by atoms with Gasteiger partial charge in [-0.2, -0.15) is 0 Å². The molecule has 23 heavy (non-hydrogen) atoms. The fraction of sp³-hybridized carbons (Fsp3) is 0.500. The number of carbonyl (C=O) groups excluding carboxylic acids is 2. The van der Waals surface area contributed by atoms with Gasteiger partial charge in [0.15, 0.2) is 0 Å². The van der Waals surface area contributed by atoms with Crippen molar-refractivity contribution in [2.75, 3.05) is 24.5 Å². The number of benzene rings is 1. The summed E-state index contributed by atoms with van der Waals surface area (Å²) < 4.78 is 27.8. The van der Waals surface area contributed by atoms with Crippen LogP contribution in [-0.4, -0.2) is 53.5 Å². The molecule has 4 rings (SSSR count). The van der Waals surface area contributed by atoms with E-state index in [9.17, 15) is 18.4 Å². The van der Waals surface area contributed by atoms with Gasteiger partial charge >= 0.3 is 6.03 Å². The Labute approximate surface area is 132 Å². The van der Waals surface area contributed by atoms with Crippen LogP contribution in [0.4, 0.5) is 19.3 Å². The number of nitrogens with zero attached hydrogens (tertiary/aromatic N) is 3. The third-order valence-corrected chi connectivity index (χ3v) is 5.01. The molecular formula is C16H17F2N3O2. The molecule has 122 valence electrons. The average Bonchev–Trinajstić information content (AvgIpc) is 3.19. The highest BCUT2D eigenvalue weighted by Gasteiger charge is 2.50. The SMILES string of the molecule is O=C1[C@@H]2CCCN2C(=O)N1C1CCN(c2c(F)cccc2F)C1. The Balaban J connectivity index is 1.55. The number of hydrogen-bond donors (Lipinski definition) is 0. The number of rotatable bonds is 2. The number of fused-ring (bicyclic) bond motifs is 1. The largest absolute Gasteiger partial charge is 0.365 e. The minimum absolute atomic E-state index is 0.0744. The maximum atomic E-state index is 13.9. The Kier molecular flexibility index (Phi) is 3.25. The van der Waals surface area contributed by atoms with E-state index in [0.717, 1.165) is 6.42 Å². The lowest BCUT2D eigenvalue weighted by Crippen LogP contribution is -2.43. The highest BCUT2D eigenvalue weighted by atomic mass is 19.1. The first-order valence-corrected chi connectivity index (χ1v) is 7.90. The van der Waals surface area contributed by atoms with Crippen LogP contribution in [0.2, 0.25) is 0 Å². The zero-order valence-corrected chi connectivity index (χ0v) is 12.5. The van der Waals surface area contributed by atoms with Crippen molar-refractivity contribution in [2.24, 2.45) is 0 Å². The van der Waals surface area contributed by atoms with Crippen LogP contribution in [0.3, 0.4) is 0 Å². The van der Waals surface area contributed by atoms with Gasteiger partial charge in [-0.05, 0) is 31.4 Å². The lowest BCUT2D eigenvalue weighted by molar-refractivity contribution is -0.129. The second kappa shape index (κ2) is 5.18. The van der Waals surface area contributed by atoms with Crippen LogP contribution >= 0.6 is 0 Å². The minimum atomic E-state index is -0.620. The fourth-order valence-electron chi connectivity index (χ4n) is 3.93. The van der Waals surface area contributed by atoms with E-state index in [1.54, 1.807) is 9.80 Å². The van der Waals surface area contributed by atoms with Crippen molar-refractivity contribution in [3.63, 3.8) is 0 Å². The topological polar surface area (TPSA) is 43.9 Å². The van der Waals surface area contributed by atoms with Gasteiger partial charge in [-0.25, -0.2) is 13.6 Å². The Morgan fingerprint density at radius 2 is 1.78 bits per heavy atom. The molecule has 0 N–H and O–H groups in total. The molecule has 5 nitrogen and oxygen atoms in total. The van der Waals surface area contributed by atoms with Crippen molar-refractivity contribution in [1.29, 1.82) is 0 Å². The summed E-state index contributed by atoms with van der Waals surface area (Å²) in [6, 6.07) is 2.85. The summed E-state index contributed by atoms with van der Waals surface area (Å²) in [7, 11) is 0. The minimum Gasteiger partial charge on any atom is -0.365 e. The molecule has 0 radical (unpaired) electrons. The molecule has 3 saturated heterocycles. The molecule has 3 aliphatic heterocycles. The van der Waals surface area contributed by atoms with Crippen molar-refractivity contribution in [1.82, 2.24) is 9.80 Å². The smallest absolute Gasteiger partial charge is 0.327 e. The van der Waals surface area contributed by atoms with Crippen LogP contribution in [0.5, 0.6) is 0 Å². The number of halogens is 2. The van der Waals surface area contributed by atoms with Crippen LogP contribution in [0.25, 0.3) is 0 Å². The number of urea groups is 1. The van der Waals surface area contributed by atoms with Crippen molar-refractivity contribution < 1.29 is 18.4 Å². The highest BCUT2D eigenvalue weighted by Crippen LogP contribution is 2.33. The van der Waals surface area contributed by atoms with Crippen LogP contribution in [0, 0.1) is 11.6 Å². The summed E-state index contributed by atoms with van der Waals surface area (Å²) >= 11 is 0. The molecule has 3 heterocycles. The monoisotopic (exact) mass is 321 g/mol. The van der Waals surface area contributed by atoms with E-state index < -0.39 is 11.6 Å².